The van der Waals surface area contributed by atoms with E-state index in [9.17, 15) is 14.9 Å². The Labute approximate surface area is 158 Å². The molecule has 0 amide bonds. The molecule has 0 saturated carbocycles. The van der Waals surface area contributed by atoms with E-state index in [1.165, 1.54) is 18.7 Å². The lowest BCUT2D eigenvalue weighted by Crippen LogP contribution is -2.21. The number of nitrogens with zero attached hydrogens (tertiary/aromatic N) is 1. The second-order valence-corrected chi connectivity index (χ2v) is 7.47. The largest absolute Gasteiger partial charge is 0.462 e. The van der Waals surface area contributed by atoms with Crippen molar-refractivity contribution in [2.75, 3.05) is 13.2 Å². The molecular formula is C20H23NO4S. The average molecular weight is 373 g/mol. The van der Waals surface area contributed by atoms with Crippen molar-refractivity contribution < 1.29 is 19.1 Å². The summed E-state index contributed by atoms with van der Waals surface area (Å²) in [5.74, 6) is -0.960. The molecular weight excluding hydrogens is 350 g/mol. The lowest BCUT2D eigenvalue weighted by atomic mass is 10.1. The summed E-state index contributed by atoms with van der Waals surface area (Å²) in [6.45, 7) is 10.7. The molecule has 6 heteroatoms. The molecule has 0 saturated heterocycles. The van der Waals surface area contributed by atoms with Crippen LogP contribution in [0.3, 0.4) is 0 Å². The van der Waals surface area contributed by atoms with Crippen LogP contribution in [-0.4, -0.2) is 29.9 Å². The quantitative estimate of drug-likeness (QED) is 0.349. The highest BCUT2D eigenvalue weighted by molar-refractivity contribution is 8.09. The molecule has 0 N–H and O–H groups in total. The Hall–Kier alpha value is -2.52. The van der Waals surface area contributed by atoms with E-state index >= 15 is 0 Å². The fourth-order valence-electron chi connectivity index (χ4n) is 1.91. The Morgan fingerprint density at radius 3 is 2.38 bits per heavy atom. The van der Waals surface area contributed by atoms with Gasteiger partial charge in [0.2, 0.25) is 0 Å². The maximum Gasteiger partial charge on any atom is 0.333 e. The van der Waals surface area contributed by atoms with E-state index in [0.29, 0.717) is 6.42 Å². The van der Waals surface area contributed by atoms with E-state index in [1.807, 2.05) is 30.3 Å². The lowest BCUT2D eigenvalue weighted by Gasteiger charge is -2.21. The van der Waals surface area contributed by atoms with E-state index < -0.39 is 16.7 Å². The van der Waals surface area contributed by atoms with E-state index in [1.54, 1.807) is 6.92 Å². The van der Waals surface area contributed by atoms with Gasteiger partial charge in [-0.1, -0.05) is 43.5 Å². The van der Waals surface area contributed by atoms with Gasteiger partial charge in [-0.2, -0.15) is 5.26 Å². The molecule has 0 bridgehead atoms. The number of hydrogen-bond donors (Lipinski definition) is 0. The molecule has 138 valence electrons. The Kier molecular flexibility index (Phi) is 8.66. The lowest BCUT2D eigenvalue weighted by molar-refractivity contribution is -0.150. The number of nitriles is 1. The molecule has 1 rings (SSSR count). The SMILES string of the molecule is C=C(C)C(=O)OCCOC(=O)CCC(C)(C#N)SC(=C)c1ccccc1. The molecule has 0 spiro atoms. The number of esters is 2. The Bertz CT molecular complexity index is 708. The molecule has 0 aromatic heterocycles. The molecule has 1 unspecified atom stereocenters. The van der Waals surface area contributed by atoms with Crippen molar-refractivity contribution in [3.05, 3.63) is 54.6 Å². The number of carbonyl (C=O) groups is 2. The van der Waals surface area contributed by atoms with Crippen molar-refractivity contribution in [1.29, 1.82) is 5.26 Å². The fourth-order valence-corrected chi connectivity index (χ4v) is 2.96. The highest BCUT2D eigenvalue weighted by Crippen LogP contribution is 2.39. The minimum Gasteiger partial charge on any atom is -0.462 e. The van der Waals surface area contributed by atoms with Crippen LogP contribution in [0, 0.1) is 11.3 Å². The zero-order chi connectivity index (χ0) is 19.6. The number of hydrogen-bond acceptors (Lipinski definition) is 6. The first-order valence-corrected chi connectivity index (χ1v) is 8.92. The van der Waals surface area contributed by atoms with Crippen LogP contribution in [0.25, 0.3) is 4.91 Å². The second kappa shape index (κ2) is 10.5. The van der Waals surface area contributed by atoms with Gasteiger partial charge in [-0.3, -0.25) is 4.79 Å². The van der Waals surface area contributed by atoms with Gasteiger partial charge < -0.3 is 9.47 Å². The number of benzene rings is 1. The zero-order valence-electron chi connectivity index (χ0n) is 15.1. The molecule has 1 aromatic carbocycles. The predicted octanol–water partition coefficient (Wildman–Crippen LogP) is 4.12. The monoisotopic (exact) mass is 373 g/mol. The first kappa shape index (κ1) is 21.5. The predicted molar refractivity (Wildman–Crippen MR) is 103 cm³/mol. The molecule has 1 aromatic rings. The van der Waals surface area contributed by atoms with Gasteiger partial charge in [0.1, 0.15) is 18.0 Å². The summed E-state index contributed by atoms with van der Waals surface area (Å²) in [6, 6.07) is 11.8. The maximum atomic E-state index is 11.8. The minimum absolute atomic E-state index is 0.0213. The van der Waals surface area contributed by atoms with Crippen LogP contribution < -0.4 is 0 Å². The van der Waals surface area contributed by atoms with Crippen molar-refractivity contribution in [2.45, 2.75) is 31.4 Å². The summed E-state index contributed by atoms with van der Waals surface area (Å²) in [6.07, 6.45) is 0.415. The van der Waals surface area contributed by atoms with Crippen LogP contribution in [0.2, 0.25) is 0 Å². The van der Waals surface area contributed by atoms with Crippen molar-refractivity contribution in [2.24, 2.45) is 0 Å². The van der Waals surface area contributed by atoms with Gasteiger partial charge >= 0.3 is 11.9 Å². The summed E-state index contributed by atoms with van der Waals surface area (Å²) in [5.41, 5.74) is 1.23. The third-order valence-corrected chi connectivity index (χ3v) is 4.64. The smallest absolute Gasteiger partial charge is 0.333 e. The molecule has 0 aliphatic carbocycles. The van der Waals surface area contributed by atoms with Crippen LogP contribution >= 0.6 is 11.8 Å². The number of ether oxygens (including phenoxy) is 2. The van der Waals surface area contributed by atoms with Gasteiger partial charge in [-0.25, -0.2) is 4.79 Å². The highest BCUT2D eigenvalue weighted by Gasteiger charge is 2.27. The first-order chi connectivity index (χ1) is 12.3. The van der Waals surface area contributed by atoms with Crippen molar-refractivity contribution >= 4 is 28.6 Å². The molecule has 5 nitrogen and oxygen atoms in total. The summed E-state index contributed by atoms with van der Waals surface area (Å²) >= 11 is 1.34. The number of thioether (sulfide) groups is 1. The van der Waals surface area contributed by atoms with Gasteiger partial charge in [0.15, 0.2) is 0 Å². The third kappa shape index (κ3) is 7.58. The number of rotatable bonds is 10. The van der Waals surface area contributed by atoms with Crippen LogP contribution in [-0.2, 0) is 19.1 Å². The number of carbonyl (C=O) groups excluding carboxylic acids is 2. The van der Waals surface area contributed by atoms with Crippen LogP contribution in [0.1, 0.15) is 32.3 Å². The maximum absolute atomic E-state index is 11.8. The highest BCUT2D eigenvalue weighted by atomic mass is 32.2. The molecule has 0 aliphatic rings. The van der Waals surface area contributed by atoms with E-state index in [-0.39, 0.29) is 25.2 Å². The Morgan fingerprint density at radius 1 is 1.19 bits per heavy atom. The van der Waals surface area contributed by atoms with E-state index in [4.69, 9.17) is 9.47 Å². The zero-order valence-corrected chi connectivity index (χ0v) is 15.9. The standard InChI is InChI=1S/C20H23NO4S/c1-15(2)19(23)25-13-12-24-18(22)10-11-20(4,14-21)26-16(3)17-8-6-5-7-9-17/h5-9H,1,3,10-13H2,2,4H3. The van der Waals surface area contributed by atoms with Crippen molar-refractivity contribution in [3.8, 4) is 6.07 Å². The molecule has 26 heavy (non-hydrogen) atoms. The van der Waals surface area contributed by atoms with Gasteiger partial charge in [-0.05, 0) is 25.8 Å². The van der Waals surface area contributed by atoms with Gasteiger partial charge in [0, 0.05) is 16.9 Å². The van der Waals surface area contributed by atoms with E-state index in [0.717, 1.165) is 10.5 Å². The van der Waals surface area contributed by atoms with Crippen molar-refractivity contribution in [1.82, 2.24) is 0 Å². The van der Waals surface area contributed by atoms with E-state index in [2.05, 4.69) is 19.2 Å². The average Bonchev–Trinajstić information content (AvgIpc) is 2.64. The van der Waals surface area contributed by atoms with Crippen LogP contribution in [0.4, 0.5) is 0 Å². The Morgan fingerprint density at radius 2 is 1.81 bits per heavy atom. The summed E-state index contributed by atoms with van der Waals surface area (Å²) in [5, 5.41) is 9.49. The summed E-state index contributed by atoms with van der Waals surface area (Å²) < 4.78 is 9.06. The topological polar surface area (TPSA) is 76.4 Å². The van der Waals surface area contributed by atoms with Crippen LogP contribution in [0.15, 0.2) is 49.1 Å². The summed E-state index contributed by atoms with van der Waals surface area (Å²) in [4.78, 5) is 23.8. The minimum atomic E-state index is -0.793. The van der Waals surface area contributed by atoms with Crippen molar-refractivity contribution in [3.63, 3.8) is 0 Å². The molecule has 0 radical (unpaired) electrons. The first-order valence-electron chi connectivity index (χ1n) is 8.10. The van der Waals surface area contributed by atoms with Crippen LogP contribution in [0.5, 0.6) is 0 Å². The fraction of sp³-hybridized carbons (Fsp3) is 0.350. The Balaban J connectivity index is 2.41. The van der Waals surface area contributed by atoms with Gasteiger partial charge in [0.05, 0.1) is 6.07 Å². The normalized spacial score (nSPS) is 12.3. The molecule has 1 atom stereocenters. The van der Waals surface area contributed by atoms with Gasteiger partial charge in [-0.15, -0.1) is 11.8 Å². The second-order valence-electron chi connectivity index (χ2n) is 5.87. The molecule has 0 fully saturated rings. The molecule has 0 heterocycles. The third-order valence-electron chi connectivity index (χ3n) is 3.41. The van der Waals surface area contributed by atoms with Gasteiger partial charge in [0.25, 0.3) is 0 Å². The summed E-state index contributed by atoms with van der Waals surface area (Å²) in [7, 11) is 0. The molecule has 0 aliphatic heterocycles.